The van der Waals surface area contributed by atoms with Crippen LogP contribution >= 0.6 is 45.3 Å². The SMILES string of the molecule is CCCCCCCCCCc1c(-c2ccc(C)s2)sc(-c2ccc(-c3ccc4c(ccc5c6ccc7cc(C)ccc7c6sc45)c3)s2)c1CCCCCCCCCC. The summed E-state index contributed by atoms with van der Waals surface area (Å²) >= 11 is 8.06. The van der Waals surface area contributed by atoms with Crippen LogP contribution in [-0.4, -0.2) is 0 Å². The lowest BCUT2D eigenvalue weighted by molar-refractivity contribution is 0.571. The lowest BCUT2D eigenvalue weighted by atomic mass is 9.95. The average Bonchev–Trinajstić information content (AvgIpc) is 4.05. The molecule has 58 heavy (non-hydrogen) atoms. The number of thiophene rings is 4. The first-order chi connectivity index (χ1) is 28.5. The summed E-state index contributed by atoms with van der Waals surface area (Å²) in [6, 6.07) is 33.0. The van der Waals surface area contributed by atoms with Crippen molar-refractivity contribution in [3.05, 3.63) is 106 Å². The van der Waals surface area contributed by atoms with Crippen molar-refractivity contribution in [2.45, 2.75) is 143 Å². The Hall–Kier alpha value is -3.28. The first kappa shape index (κ1) is 41.5. The molecule has 302 valence electrons. The van der Waals surface area contributed by atoms with Crippen LogP contribution in [0, 0.1) is 13.8 Å². The van der Waals surface area contributed by atoms with Crippen LogP contribution in [0.4, 0.5) is 0 Å². The van der Waals surface area contributed by atoms with Crippen LogP contribution in [0.3, 0.4) is 0 Å². The maximum Gasteiger partial charge on any atom is 0.0484 e. The van der Waals surface area contributed by atoms with E-state index < -0.39 is 0 Å². The molecule has 8 rings (SSSR count). The Morgan fingerprint density at radius 2 is 0.862 bits per heavy atom. The first-order valence-corrected chi connectivity index (χ1v) is 25.9. The van der Waals surface area contributed by atoms with E-state index in [9.17, 15) is 0 Å². The van der Waals surface area contributed by atoms with E-state index in [0.29, 0.717) is 0 Å². The molecule has 0 N–H and O–H groups in total. The van der Waals surface area contributed by atoms with Gasteiger partial charge in [0.25, 0.3) is 0 Å². The van der Waals surface area contributed by atoms with Crippen molar-refractivity contribution >= 4 is 87.1 Å². The first-order valence-electron chi connectivity index (χ1n) is 22.6. The summed E-state index contributed by atoms with van der Waals surface area (Å²) in [5.41, 5.74) is 5.99. The molecule has 0 bridgehead atoms. The van der Waals surface area contributed by atoms with Crippen molar-refractivity contribution < 1.29 is 0 Å². The summed E-state index contributed by atoms with van der Waals surface area (Å²) in [5, 5.41) is 8.16. The quantitative estimate of drug-likeness (QED) is 0.0633. The Morgan fingerprint density at radius 1 is 0.379 bits per heavy atom. The van der Waals surface area contributed by atoms with Gasteiger partial charge in [-0.1, -0.05) is 164 Å². The third kappa shape index (κ3) is 9.36. The molecule has 0 atom stereocenters. The molecule has 0 fully saturated rings. The minimum atomic E-state index is 1.21. The zero-order chi connectivity index (χ0) is 39.8. The highest BCUT2D eigenvalue weighted by molar-refractivity contribution is 7.28. The smallest absolute Gasteiger partial charge is 0.0484 e. The van der Waals surface area contributed by atoms with Gasteiger partial charge in [0.1, 0.15) is 0 Å². The van der Waals surface area contributed by atoms with Gasteiger partial charge >= 0.3 is 0 Å². The number of benzene rings is 4. The lowest BCUT2D eigenvalue weighted by Gasteiger charge is -2.10. The van der Waals surface area contributed by atoms with E-state index in [1.54, 1.807) is 20.9 Å². The van der Waals surface area contributed by atoms with E-state index in [-0.39, 0.29) is 0 Å². The van der Waals surface area contributed by atoms with E-state index in [2.05, 4.69) is 124 Å². The number of unbranched alkanes of at least 4 members (excludes halogenated alkanes) is 14. The average molecular weight is 839 g/mol. The molecule has 4 aromatic heterocycles. The largest absolute Gasteiger partial charge is 0.140 e. The molecule has 0 unspecified atom stereocenters. The summed E-state index contributed by atoms with van der Waals surface area (Å²) in [4.78, 5) is 8.82. The zero-order valence-corrected chi connectivity index (χ0v) is 38.7. The third-order valence-corrected chi connectivity index (χ3v) is 17.4. The van der Waals surface area contributed by atoms with Crippen LogP contribution in [0.5, 0.6) is 0 Å². The van der Waals surface area contributed by atoms with Gasteiger partial charge in [-0.2, -0.15) is 0 Å². The molecule has 8 aromatic rings. The summed E-state index contributed by atoms with van der Waals surface area (Å²) in [5.74, 6) is 0. The highest BCUT2D eigenvalue weighted by Gasteiger charge is 2.22. The summed E-state index contributed by atoms with van der Waals surface area (Å²) in [7, 11) is 0. The number of fused-ring (bicyclic) bond motifs is 7. The molecule has 0 amide bonds. The molecule has 4 heterocycles. The number of hydrogen-bond acceptors (Lipinski definition) is 4. The van der Waals surface area contributed by atoms with Crippen molar-refractivity contribution in [2.24, 2.45) is 0 Å². The second-order valence-electron chi connectivity index (χ2n) is 16.9. The summed E-state index contributed by atoms with van der Waals surface area (Å²) in [6.07, 6.45) is 24.3. The molecule has 0 spiro atoms. The molecule has 0 aliphatic heterocycles. The van der Waals surface area contributed by atoms with Crippen LogP contribution in [0.25, 0.3) is 71.7 Å². The second kappa shape index (κ2) is 19.9. The van der Waals surface area contributed by atoms with Crippen molar-refractivity contribution in [1.82, 2.24) is 0 Å². The van der Waals surface area contributed by atoms with E-state index in [0.717, 1.165) is 0 Å². The number of rotatable bonds is 21. The standard InChI is InChI=1S/C54H62S4/c1-5-7-9-11-13-15-17-19-21-44-45(22-20-18-16-14-12-10-8-6-2)54(58-53(44)49-32-24-38(4)55-49)50-34-33-48(56-50)41-27-29-43-40(36-41)26-31-47-46-30-25-39-35-37(3)23-28-42(39)51(46)57-52(43)47/h23-36H,5-22H2,1-4H3. The molecule has 0 aliphatic carbocycles. The van der Waals surface area contributed by atoms with Gasteiger partial charge in [-0.3, -0.25) is 0 Å². The second-order valence-corrected chi connectivity index (χ2v) is 21.3. The number of aryl methyl sites for hydroxylation is 2. The van der Waals surface area contributed by atoms with Crippen LogP contribution < -0.4 is 0 Å². The van der Waals surface area contributed by atoms with E-state index in [1.807, 2.05) is 34.0 Å². The maximum absolute atomic E-state index is 2.44. The Morgan fingerprint density at radius 3 is 1.43 bits per heavy atom. The zero-order valence-electron chi connectivity index (χ0n) is 35.4. The Bertz CT molecular complexity index is 2580. The molecule has 4 heteroatoms. The molecule has 4 aromatic carbocycles. The molecule has 0 nitrogen and oxygen atoms in total. The maximum atomic E-state index is 2.44. The van der Waals surface area contributed by atoms with Crippen molar-refractivity contribution in [3.63, 3.8) is 0 Å². The minimum absolute atomic E-state index is 1.21. The van der Waals surface area contributed by atoms with Crippen LogP contribution in [0.2, 0.25) is 0 Å². The highest BCUT2D eigenvalue weighted by Crippen LogP contribution is 2.49. The van der Waals surface area contributed by atoms with Crippen LogP contribution in [0.15, 0.2) is 84.9 Å². The van der Waals surface area contributed by atoms with Crippen LogP contribution in [0.1, 0.15) is 138 Å². The van der Waals surface area contributed by atoms with Gasteiger partial charge in [-0.15, -0.1) is 45.3 Å². The summed E-state index contributed by atoms with van der Waals surface area (Å²) in [6.45, 7) is 9.09. The molecule has 0 saturated carbocycles. The minimum Gasteiger partial charge on any atom is -0.140 e. The van der Waals surface area contributed by atoms with Gasteiger partial charge in [0.15, 0.2) is 0 Å². The predicted molar refractivity (Wildman–Crippen MR) is 266 cm³/mol. The highest BCUT2D eigenvalue weighted by atomic mass is 32.1. The molecule has 0 saturated heterocycles. The Labute approximate surface area is 364 Å². The third-order valence-electron chi connectivity index (χ3n) is 12.3. The van der Waals surface area contributed by atoms with Gasteiger partial charge in [0.2, 0.25) is 0 Å². The summed E-state index contributed by atoms with van der Waals surface area (Å²) < 4.78 is 2.81. The molecular weight excluding hydrogens is 777 g/mol. The lowest BCUT2D eigenvalue weighted by Crippen LogP contribution is -1.95. The number of hydrogen-bond donors (Lipinski definition) is 0. The topological polar surface area (TPSA) is 0 Å². The van der Waals surface area contributed by atoms with Crippen LogP contribution in [-0.2, 0) is 12.8 Å². The predicted octanol–water partition coefficient (Wildman–Crippen LogP) is 19.5. The van der Waals surface area contributed by atoms with Gasteiger partial charge in [0, 0.05) is 49.4 Å². The van der Waals surface area contributed by atoms with Crippen molar-refractivity contribution in [3.8, 4) is 29.9 Å². The Balaban J connectivity index is 1.09. The van der Waals surface area contributed by atoms with Gasteiger partial charge in [-0.05, 0) is 108 Å². The van der Waals surface area contributed by atoms with Gasteiger partial charge in [0.05, 0.1) is 0 Å². The normalized spacial score (nSPS) is 12.0. The van der Waals surface area contributed by atoms with E-state index >= 15 is 0 Å². The van der Waals surface area contributed by atoms with Crippen molar-refractivity contribution in [1.29, 1.82) is 0 Å². The Kier molecular flexibility index (Phi) is 14.2. The monoisotopic (exact) mass is 838 g/mol. The van der Waals surface area contributed by atoms with E-state index in [1.165, 1.54) is 188 Å². The fourth-order valence-corrected chi connectivity index (χ4v) is 14.0. The van der Waals surface area contributed by atoms with E-state index in [4.69, 9.17) is 0 Å². The van der Waals surface area contributed by atoms with Gasteiger partial charge in [-0.25, -0.2) is 0 Å². The molecule has 0 aliphatic rings. The molecular formula is C54H62S4. The van der Waals surface area contributed by atoms with Crippen molar-refractivity contribution in [2.75, 3.05) is 0 Å². The fourth-order valence-electron chi connectivity index (χ4n) is 9.09. The molecule has 0 radical (unpaired) electrons. The fraction of sp³-hybridized carbons (Fsp3) is 0.407. The van der Waals surface area contributed by atoms with Gasteiger partial charge < -0.3 is 0 Å².